The number of aliphatic imine (C=N–C) groups is 1. The van der Waals surface area contributed by atoms with Crippen molar-refractivity contribution in [3.63, 3.8) is 0 Å². The number of hydrogen-bond donors (Lipinski definition) is 2. The quantitative estimate of drug-likeness (QED) is 0.592. The number of carbonyl (C=O) groups excluding carboxylic acids is 1. The van der Waals surface area contributed by atoms with Crippen molar-refractivity contribution in [3.8, 4) is 0 Å². The first kappa shape index (κ1) is 19.7. The van der Waals surface area contributed by atoms with Gasteiger partial charge in [0, 0.05) is 39.6 Å². The van der Waals surface area contributed by atoms with E-state index in [-0.39, 0.29) is 5.91 Å². The van der Waals surface area contributed by atoms with E-state index in [1.807, 2.05) is 7.05 Å². The average Bonchev–Trinajstić information content (AvgIpc) is 3.16. The fraction of sp³-hybridized carbons (Fsp3) is 0.619. The summed E-state index contributed by atoms with van der Waals surface area (Å²) in [6.45, 7) is 6.09. The number of carbonyl (C=O) groups is 1. The zero-order valence-corrected chi connectivity index (χ0v) is 16.5. The van der Waals surface area contributed by atoms with Crippen LogP contribution in [0.1, 0.15) is 43.2 Å². The summed E-state index contributed by atoms with van der Waals surface area (Å²) in [4.78, 5) is 20.4. The zero-order valence-electron chi connectivity index (χ0n) is 16.5. The molecule has 6 nitrogen and oxygen atoms in total. The number of primary amides is 1. The van der Waals surface area contributed by atoms with Crippen LogP contribution in [0.5, 0.6) is 0 Å². The molecule has 1 unspecified atom stereocenters. The minimum absolute atomic E-state index is 0.209. The van der Waals surface area contributed by atoms with Crippen molar-refractivity contribution in [2.24, 2.45) is 16.6 Å². The lowest BCUT2D eigenvalue weighted by atomic mass is 9.95. The molecule has 1 atom stereocenters. The second-order valence-electron chi connectivity index (χ2n) is 7.83. The van der Waals surface area contributed by atoms with Crippen molar-refractivity contribution in [1.82, 2.24) is 15.1 Å². The monoisotopic (exact) mass is 371 g/mol. The number of likely N-dealkylation sites (tertiary alicyclic amines) is 2. The molecule has 6 heteroatoms. The fourth-order valence-corrected chi connectivity index (χ4v) is 4.18. The van der Waals surface area contributed by atoms with Crippen LogP contribution >= 0.6 is 0 Å². The summed E-state index contributed by atoms with van der Waals surface area (Å²) in [5.74, 6) is 1.03. The first-order chi connectivity index (χ1) is 13.1. The summed E-state index contributed by atoms with van der Waals surface area (Å²) >= 11 is 0. The van der Waals surface area contributed by atoms with Crippen LogP contribution in [-0.4, -0.2) is 54.9 Å². The third-order valence-electron chi connectivity index (χ3n) is 5.60. The molecule has 3 rings (SSSR count). The third kappa shape index (κ3) is 5.96. The average molecular weight is 372 g/mol. The first-order valence-corrected chi connectivity index (χ1v) is 10.2. The van der Waals surface area contributed by atoms with E-state index in [1.54, 1.807) is 0 Å². The van der Waals surface area contributed by atoms with Crippen LogP contribution < -0.4 is 11.1 Å². The number of rotatable bonds is 6. The molecule has 0 aromatic heterocycles. The molecule has 1 aromatic rings. The molecule has 2 fully saturated rings. The Balaban J connectivity index is 1.49. The number of amides is 1. The molecule has 2 aliphatic heterocycles. The van der Waals surface area contributed by atoms with E-state index in [0.717, 1.165) is 45.0 Å². The fourth-order valence-electron chi connectivity index (χ4n) is 4.18. The van der Waals surface area contributed by atoms with Gasteiger partial charge in [-0.15, -0.1) is 0 Å². The van der Waals surface area contributed by atoms with E-state index in [9.17, 15) is 4.79 Å². The predicted octanol–water partition coefficient (Wildman–Crippen LogP) is 1.95. The molecule has 0 bridgehead atoms. The van der Waals surface area contributed by atoms with Crippen LogP contribution in [0.15, 0.2) is 29.3 Å². The first-order valence-electron chi connectivity index (χ1n) is 10.2. The topological polar surface area (TPSA) is 74.0 Å². The molecular formula is C21H33N5O. The van der Waals surface area contributed by atoms with Gasteiger partial charge in [-0.1, -0.05) is 24.3 Å². The molecule has 2 saturated heterocycles. The molecule has 0 saturated carbocycles. The van der Waals surface area contributed by atoms with Crippen LogP contribution in [0.25, 0.3) is 0 Å². The molecule has 3 N–H and O–H groups in total. The minimum atomic E-state index is -0.209. The van der Waals surface area contributed by atoms with Crippen molar-refractivity contribution >= 4 is 11.9 Å². The highest BCUT2D eigenvalue weighted by atomic mass is 16.1. The largest absolute Gasteiger partial charge is 0.370 e. The van der Waals surface area contributed by atoms with Gasteiger partial charge in [-0.3, -0.25) is 14.7 Å². The molecule has 0 radical (unpaired) electrons. The van der Waals surface area contributed by atoms with Crippen LogP contribution in [0.4, 0.5) is 0 Å². The Morgan fingerprint density at radius 1 is 1.15 bits per heavy atom. The van der Waals surface area contributed by atoms with Gasteiger partial charge in [-0.2, -0.15) is 0 Å². The van der Waals surface area contributed by atoms with Gasteiger partial charge < -0.3 is 16.0 Å². The lowest BCUT2D eigenvalue weighted by molar-refractivity contribution is -0.119. The SMILES string of the molecule is CN=C(NCc1ccc(CN2CCCC2)cc1)N1CCCC(CC(N)=O)C1. The van der Waals surface area contributed by atoms with Gasteiger partial charge in [0.2, 0.25) is 5.91 Å². The molecule has 2 heterocycles. The van der Waals surface area contributed by atoms with Crippen LogP contribution in [0.2, 0.25) is 0 Å². The smallest absolute Gasteiger partial charge is 0.217 e. The predicted molar refractivity (Wildman–Crippen MR) is 109 cm³/mol. The number of nitrogens with two attached hydrogens (primary N) is 1. The van der Waals surface area contributed by atoms with Crippen LogP contribution in [0, 0.1) is 5.92 Å². The molecule has 2 aliphatic rings. The van der Waals surface area contributed by atoms with Crippen molar-refractivity contribution in [2.75, 3.05) is 33.2 Å². The number of hydrogen-bond acceptors (Lipinski definition) is 3. The van der Waals surface area contributed by atoms with E-state index >= 15 is 0 Å². The van der Waals surface area contributed by atoms with Crippen molar-refractivity contribution < 1.29 is 4.79 Å². The maximum absolute atomic E-state index is 11.2. The van der Waals surface area contributed by atoms with E-state index in [1.165, 1.54) is 37.1 Å². The molecule has 0 aliphatic carbocycles. The van der Waals surface area contributed by atoms with Gasteiger partial charge in [0.25, 0.3) is 0 Å². The Hall–Kier alpha value is -2.08. The summed E-state index contributed by atoms with van der Waals surface area (Å²) in [5, 5.41) is 3.47. The van der Waals surface area contributed by atoms with Crippen molar-refractivity contribution in [3.05, 3.63) is 35.4 Å². The highest BCUT2D eigenvalue weighted by Crippen LogP contribution is 2.19. The Labute approximate surface area is 162 Å². The number of piperidine rings is 1. The standard InChI is InChI=1S/C21H33N5O/c1-23-21(26-12-4-5-19(16-26)13-20(22)27)24-14-17-6-8-18(9-7-17)15-25-10-2-3-11-25/h6-9,19H,2-5,10-16H2,1H3,(H2,22,27)(H,23,24). The second kappa shape index (κ2) is 9.74. The highest BCUT2D eigenvalue weighted by molar-refractivity contribution is 5.80. The molecule has 27 heavy (non-hydrogen) atoms. The minimum Gasteiger partial charge on any atom is -0.370 e. The third-order valence-corrected chi connectivity index (χ3v) is 5.60. The summed E-state index contributed by atoms with van der Waals surface area (Å²) in [7, 11) is 1.82. The number of nitrogens with zero attached hydrogens (tertiary/aromatic N) is 3. The van der Waals surface area contributed by atoms with Crippen molar-refractivity contribution in [2.45, 2.75) is 45.2 Å². The lowest BCUT2D eigenvalue weighted by Crippen LogP contribution is -2.46. The summed E-state index contributed by atoms with van der Waals surface area (Å²) in [5.41, 5.74) is 8.01. The Morgan fingerprint density at radius 3 is 2.52 bits per heavy atom. The molecular weight excluding hydrogens is 338 g/mol. The number of benzene rings is 1. The second-order valence-corrected chi connectivity index (χ2v) is 7.83. The van der Waals surface area contributed by atoms with Gasteiger partial charge in [0.1, 0.15) is 0 Å². The van der Waals surface area contributed by atoms with E-state index < -0.39 is 0 Å². The molecule has 1 amide bonds. The van der Waals surface area contributed by atoms with Gasteiger partial charge in [0.15, 0.2) is 5.96 Å². The van der Waals surface area contributed by atoms with Gasteiger partial charge in [-0.25, -0.2) is 0 Å². The Bertz CT molecular complexity index is 636. The van der Waals surface area contributed by atoms with Crippen LogP contribution in [0.3, 0.4) is 0 Å². The maximum atomic E-state index is 11.2. The van der Waals surface area contributed by atoms with E-state index in [4.69, 9.17) is 5.73 Å². The summed E-state index contributed by atoms with van der Waals surface area (Å²) < 4.78 is 0. The summed E-state index contributed by atoms with van der Waals surface area (Å²) in [6.07, 6.45) is 5.26. The Kier molecular flexibility index (Phi) is 7.10. The van der Waals surface area contributed by atoms with Crippen LogP contribution in [-0.2, 0) is 17.9 Å². The molecule has 148 valence electrons. The van der Waals surface area contributed by atoms with Gasteiger partial charge >= 0.3 is 0 Å². The normalized spacial score (nSPS) is 21.4. The zero-order chi connectivity index (χ0) is 19.1. The lowest BCUT2D eigenvalue weighted by Gasteiger charge is -2.34. The van der Waals surface area contributed by atoms with Crippen molar-refractivity contribution in [1.29, 1.82) is 0 Å². The number of guanidine groups is 1. The molecule has 1 aromatic carbocycles. The van der Waals surface area contributed by atoms with Gasteiger partial charge in [-0.05, 0) is 55.8 Å². The number of nitrogens with one attached hydrogen (secondary N) is 1. The van der Waals surface area contributed by atoms with E-state index in [0.29, 0.717) is 12.3 Å². The summed E-state index contributed by atoms with van der Waals surface area (Å²) in [6, 6.07) is 8.89. The Morgan fingerprint density at radius 2 is 1.85 bits per heavy atom. The highest BCUT2D eigenvalue weighted by Gasteiger charge is 2.23. The van der Waals surface area contributed by atoms with Gasteiger partial charge in [0.05, 0.1) is 0 Å². The molecule has 0 spiro atoms. The maximum Gasteiger partial charge on any atom is 0.217 e. The van der Waals surface area contributed by atoms with E-state index in [2.05, 4.69) is 44.4 Å².